The molecule has 0 aliphatic carbocycles. The number of nitrogens with zero attached hydrogens (tertiary/aromatic N) is 1. The van der Waals surface area contributed by atoms with Crippen molar-refractivity contribution in [1.82, 2.24) is 4.31 Å². The lowest BCUT2D eigenvalue weighted by atomic mass is 10.0. The van der Waals surface area contributed by atoms with Crippen molar-refractivity contribution in [1.29, 1.82) is 0 Å². The molecule has 1 aliphatic rings. The maximum absolute atomic E-state index is 12.7. The number of hydrogen-bond donors (Lipinski definition) is 1. The van der Waals surface area contributed by atoms with Crippen molar-refractivity contribution in [2.45, 2.75) is 36.9 Å². The second kappa shape index (κ2) is 7.04. The summed E-state index contributed by atoms with van der Waals surface area (Å²) in [6.45, 7) is 2.78. The van der Waals surface area contributed by atoms with Crippen LogP contribution in [0.15, 0.2) is 39.9 Å². The molecule has 5 nitrogen and oxygen atoms in total. The first kappa shape index (κ1) is 17.1. The molecule has 0 unspecified atom stereocenters. The van der Waals surface area contributed by atoms with Crippen LogP contribution in [0.25, 0.3) is 0 Å². The van der Waals surface area contributed by atoms with Crippen molar-refractivity contribution in [2.24, 2.45) is 0 Å². The Morgan fingerprint density at radius 3 is 2.83 bits per heavy atom. The predicted octanol–water partition coefficient (Wildman–Crippen LogP) is 3.23. The molecule has 1 aromatic heterocycles. The molecule has 7 heteroatoms. The van der Waals surface area contributed by atoms with E-state index in [0.717, 1.165) is 23.2 Å². The molecule has 24 heavy (non-hydrogen) atoms. The molecule has 2 aromatic rings. The number of carbonyl (C=O) groups excluding carboxylic acids is 1. The normalized spacial score (nSPS) is 15.0. The molecule has 1 aliphatic heterocycles. The summed E-state index contributed by atoms with van der Waals surface area (Å²) in [5.41, 5.74) is 2.82. The Hall–Kier alpha value is -1.70. The van der Waals surface area contributed by atoms with Crippen LogP contribution in [-0.2, 0) is 27.8 Å². The lowest BCUT2D eigenvalue weighted by Gasteiger charge is -2.28. The third-order valence-electron chi connectivity index (χ3n) is 4.03. The number of benzene rings is 1. The molecule has 0 radical (unpaired) electrons. The van der Waals surface area contributed by atoms with Gasteiger partial charge in [0, 0.05) is 25.2 Å². The maximum atomic E-state index is 12.7. The minimum atomic E-state index is -3.44. The number of carbonyl (C=O) groups is 1. The van der Waals surface area contributed by atoms with E-state index in [0.29, 0.717) is 30.1 Å². The Labute approximate surface area is 146 Å². The zero-order valence-electron chi connectivity index (χ0n) is 13.5. The largest absolute Gasteiger partial charge is 0.326 e. The van der Waals surface area contributed by atoms with Crippen LogP contribution in [0.3, 0.4) is 0 Å². The van der Waals surface area contributed by atoms with E-state index in [2.05, 4.69) is 5.32 Å². The van der Waals surface area contributed by atoms with E-state index in [4.69, 9.17) is 0 Å². The molecule has 1 amide bonds. The van der Waals surface area contributed by atoms with E-state index in [1.54, 1.807) is 17.5 Å². The highest BCUT2D eigenvalue weighted by atomic mass is 32.2. The molecule has 128 valence electrons. The fraction of sp³-hybridized carbons (Fsp3) is 0.353. The van der Waals surface area contributed by atoms with Crippen LogP contribution in [0, 0.1) is 0 Å². The lowest BCUT2D eigenvalue weighted by molar-refractivity contribution is -0.116. The van der Waals surface area contributed by atoms with Crippen LogP contribution in [-0.4, -0.2) is 25.2 Å². The summed E-state index contributed by atoms with van der Waals surface area (Å²) in [5.74, 6) is -0.0173. The van der Waals surface area contributed by atoms with Crippen molar-refractivity contribution >= 4 is 33.0 Å². The van der Waals surface area contributed by atoms with E-state index in [9.17, 15) is 13.2 Å². The molecular formula is C17H20N2O3S2. The highest BCUT2D eigenvalue weighted by Gasteiger charge is 2.29. The number of sulfonamides is 1. The summed E-state index contributed by atoms with van der Waals surface area (Å²) in [5, 5.41) is 4.64. The molecule has 0 atom stereocenters. The molecule has 2 heterocycles. The van der Waals surface area contributed by atoms with Gasteiger partial charge in [-0.15, -0.1) is 11.3 Å². The number of hydrogen-bond acceptors (Lipinski definition) is 4. The second-order valence-corrected chi connectivity index (χ2v) is 8.91. The SMILES string of the molecule is CCCC(=O)Nc1ccc2c(c1)CN(S(=O)(=O)c1cccs1)CC2. The Balaban J connectivity index is 1.81. The molecule has 1 N–H and O–H groups in total. The molecule has 1 aromatic carbocycles. The highest BCUT2D eigenvalue weighted by Crippen LogP contribution is 2.28. The van der Waals surface area contributed by atoms with Crippen molar-refractivity contribution in [2.75, 3.05) is 11.9 Å². The van der Waals surface area contributed by atoms with Gasteiger partial charge in [-0.3, -0.25) is 4.79 Å². The Morgan fingerprint density at radius 2 is 2.12 bits per heavy atom. The smallest absolute Gasteiger partial charge is 0.252 e. The summed E-state index contributed by atoms with van der Waals surface area (Å²) >= 11 is 1.24. The lowest BCUT2D eigenvalue weighted by Crippen LogP contribution is -2.35. The standard InChI is InChI=1S/C17H20N2O3S2/c1-2-4-16(20)18-15-7-6-13-8-9-19(12-14(13)11-15)24(21,22)17-5-3-10-23-17/h3,5-7,10-11H,2,4,8-9,12H2,1H3,(H,18,20). The fourth-order valence-electron chi connectivity index (χ4n) is 2.80. The van der Waals surface area contributed by atoms with E-state index in [-0.39, 0.29) is 5.91 Å². The maximum Gasteiger partial charge on any atom is 0.252 e. The third kappa shape index (κ3) is 3.53. The van der Waals surface area contributed by atoms with Gasteiger partial charge < -0.3 is 5.32 Å². The van der Waals surface area contributed by atoms with Gasteiger partial charge in [0.25, 0.3) is 10.0 Å². The highest BCUT2D eigenvalue weighted by molar-refractivity contribution is 7.91. The third-order valence-corrected chi connectivity index (χ3v) is 7.25. The van der Waals surface area contributed by atoms with Crippen molar-refractivity contribution in [3.05, 3.63) is 46.8 Å². The van der Waals surface area contributed by atoms with Crippen LogP contribution in [0.1, 0.15) is 30.9 Å². The van der Waals surface area contributed by atoms with Crippen LogP contribution in [0.2, 0.25) is 0 Å². The quantitative estimate of drug-likeness (QED) is 0.886. The molecule has 3 rings (SSSR count). The summed E-state index contributed by atoms with van der Waals surface area (Å²) in [4.78, 5) is 11.7. The monoisotopic (exact) mass is 364 g/mol. The number of nitrogens with one attached hydrogen (secondary N) is 1. The van der Waals surface area contributed by atoms with Gasteiger partial charge in [-0.05, 0) is 47.5 Å². The van der Waals surface area contributed by atoms with Crippen molar-refractivity contribution in [3.63, 3.8) is 0 Å². The van der Waals surface area contributed by atoms with Gasteiger partial charge in [-0.2, -0.15) is 4.31 Å². The number of amides is 1. The Bertz CT molecular complexity index is 830. The summed E-state index contributed by atoms with van der Waals surface area (Å²) in [6.07, 6.45) is 1.96. The van der Waals surface area contributed by atoms with Crippen molar-refractivity contribution in [3.8, 4) is 0 Å². The first-order chi connectivity index (χ1) is 11.5. The van der Waals surface area contributed by atoms with Crippen LogP contribution in [0.5, 0.6) is 0 Å². The fourth-order valence-corrected chi connectivity index (χ4v) is 5.37. The van der Waals surface area contributed by atoms with Crippen LogP contribution in [0.4, 0.5) is 5.69 Å². The molecule has 0 bridgehead atoms. The average Bonchev–Trinajstić information content (AvgIpc) is 3.09. The topological polar surface area (TPSA) is 66.5 Å². The first-order valence-electron chi connectivity index (χ1n) is 7.96. The molecule has 0 saturated carbocycles. The number of rotatable bonds is 5. The Kier molecular flexibility index (Phi) is 5.03. The van der Waals surface area contributed by atoms with Crippen molar-refractivity contribution < 1.29 is 13.2 Å². The van der Waals surface area contributed by atoms with E-state index in [1.165, 1.54) is 15.6 Å². The molecule has 0 fully saturated rings. The van der Waals surface area contributed by atoms with E-state index >= 15 is 0 Å². The Morgan fingerprint density at radius 1 is 1.29 bits per heavy atom. The molecular weight excluding hydrogens is 344 g/mol. The number of fused-ring (bicyclic) bond motifs is 1. The van der Waals surface area contributed by atoms with E-state index in [1.807, 2.05) is 25.1 Å². The van der Waals surface area contributed by atoms with Gasteiger partial charge in [0.05, 0.1) is 0 Å². The second-order valence-electron chi connectivity index (χ2n) is 5.80. The van der Waals surface area contributed by atoms with Gasteiger partial charge >= 0.3 is 0 Å². The predicted molar refractivity (Wildman–Crippen MR) is 95.6 cm³/mol. The van der Waals surface area contributed by atoms with Gasteiger partial charge in [0.15, 0.2) is 0 Å². The van der Waals surface area contributed by atoms with Gasteiger partial charge in [-0.1, -0.05) is 19.1 Å². The number of anilines is 1. The van der Waals surface area contributed by atoms with Crippen LogP contribution < -0.4 is 5.32 Å². The van der Waals surface area contributed by atoms with E-state index < -0.39 is 10.0 Å². The zero-order chi connectivity index (χ0) is 17.2. The minimum absolute atomic E-state index is 0.0173. The zero-order valence-corrected chi connectivity index (χ0v) is 15.1. The summed E-state index contributed by atoms with van der Waals surface area (Å²) in [7, 11) is -3.44. The van der Waals surface area contributed by atoms with Gasteiger partial charge in [-0.25, -0.2) is 8.42 Å². The van der Waals surface area contributed by atoms with Crippen LogP contribution >= 0.6 is 11.3 Å². The summed E-state index contributed by atoms with van der Waals surface area (Å²) in [6, 6.07) is 9.13. The minimum Gasteiger partial charge on any atom is -0.326 e. The molecule has 0 spiro atoms. The molecule has 0 saturated heterocycles. The summed E-state index contributed by atoms with van der Waals surface area (Å²) < 4.78 is 27.2. The van der Waals surface area contributed by atoms with Gasteiger partial charge in [0.2, 0.25) is 5.91 Å². The average molecular weight is 364 g/mol. The van der Waals surface area contributed by atoms with Gasteiger partial charge in [0.1, 0.15) is 4.21 Å². The first-order valence-corrected chi connectivity index (χ1v) is 10.3. The number of thiophene rings is 1.